The minimum Gasteiger partial charge on any atom is -0.350 e. The summed E-state index contributed by atoms with van der Waals surface area (Å²) in [5.74, 6) is -0.0844. The summed E-state index contributed by atoms with van der Waals surface area (Å²) >= 11 is 0. The van der Waals surface area contributed by atoms with E-state index in [9.17, 15) is 9.59 Å². The van der Waals surface area contributed by atoms with Crippen molar-refractivity contribution in [3.63, 3.8) is 0 Å². The highest BCUT2D eigenvalue weighted by atomic mass is 16.2. The molecule has 0 bridgehead atoms. The Morgan fingerprint density at radius 2 is 1.45 bits per heavy atom. The Morgan fingerprint density at radius 3 is 1.97 bits per heavy atom. The van der Waals surface area contributed by atoms with Gasteiger partial charge in [0.2, 0.25) is 11.8 Å². The van der Waals surface area contributed by atoms with E-state index >= 15 is 0 Å². The molecule has 0 aliphatic rings. The minimum absolute atomic E-state index is 0.0102. The maximum absolute atomic E-state index is 13.3. The molecule has 0 fully saturated rings. The summed E-state index contributed by atoms with van der Waals surface area (Å²) in [4.78, 5) is 28.1. The maximum Gasteiger partial charge on any atom is 0.243 e. The quantitative estimate of drug-likeness (QED) is 0.603. The van der Waals surface area contributed by atoms with Gasteiger partial charge in [0.1, 0.15) is 6.04 Å². The fourth-order valence-corrected chi connectivity index (χ4v) is 3.60. The van der Waals surface area contributed by atoms with Crippen LogP contribution >= 0.6 is 0 Å². The smallest absolute Gasteiger partial charge is 0.243 e. The van der Waals surface area contributed by atoms with E-state index in [0.717, 1.165) is 17.5 Å². The topological polar surface area (TPSA) is 49.4 Å². The molecule has 1 atom stereocenters. The zero-order valence-electron chi connectivity index (χ0n) is 20.0. The SMILES string of the molecule is CCc1ccc(CCC(=O)N(Cc2ccc(C)cc2)[C@H](CC)C(=O)NC(C)(C)C)cc1. The van der Waals surface area contributed by atoms with Crippen molar-refractivity contribution in [3.05, 3.63) is 70.8 Å². The van der Waals surface area contributed by atoms with Gasteiger partial charge in [0, 0.05) is 18.5 Å². The van der Waals surface area contributed by atoms with E-state index in [2.05, 4.69) is 36.5 Å². The molecule has 168 valence electrons. The van der Waals surface area contributed by atoms with E-state index in [-0.39, 0.29) is 17.4 Å². The summed E-state index contributed by atoms with van der Waals surface area (Å²) in [5, 5.41) is 3.05. The second-order valence-corrected chi connectivity index (χ2v) is 9.34. The van der Waals surface area contributed by atoms with Gasteiger partial charge in [-0.1, -0.05) is 67.9 Å². The van der Waals surface area contributed by atoms with Gasteiger partial charge in [0.05, 0.1) is 0 Å². The fourth-order valence-electron chi connectivity index (χ4n) is 3.60. The number of aryl methyl sites for hydroxylation is 3. The van der Waals surface area contributed by atoms with Crippen molar-refractivity contribution in [2.75, 3.05) is 0 Å². The normalized spacial score (nSPS) is 12.3. The van der Waals surface area contributed by atoms with Gasteiger partial charge in [-0.15, -0.1) is 0 Å². The summed E-state index contributed by atoms with van der Waals surface area (Å²) in [6.07, 6.45) is 2.64. The molecule has 0 saturated heterocycles. The molecular formula is C27H38N2O2. The van der Waals surface area contributed by atoms with E-state index in [1.54, 1.807) is 4.90 Å². The standard InChI is InChI=1S/C27H38N2O2/c1-7-21-13-15-22(16-14-21)17-18-25(30)29(19-23-11-9-20(3)10-12-23)24(8-2)26(31)28-27(4,5)6/h9-16,24H,7-8,17-19H2,1-6H3,(H,28,31)/t24-/m1/s1. The van der Waals surface area contributed by atoms with E-state index in [0.29, 0.717) is 25.8 Å². The second kappa shape index (κ2) is 11.1. The number of hydrogen-bond acceptors (Lipinski definition) is 2. The van der Waals surface area contributed by atoms with Crippen molar-refractivity contribution >= 4 is 11.8 Å². The number of carbonyl (C=O) groups excluding carboxylic acids is 2. The molecule has 2 rings (SSSR count). The predicted molar refractivity (Wildman–Crippen MR) is 128 cm³/mol. The number of hydrogen-bond donors (Lipinski definition) is 1. The number of amides is 2. The third-order valence-corrected chi connectivity index (χ3v) is 5.42. The van der Waals surface area contributed by atoms with Crippen LogP contribution in [0.4, 0.5) is 0 Å². The number of nitrogens with zero attached hydrogens (tertiary/aromatic N) is 1. The van der Waals surface area contributed by atoms with Crippen molar-refractivity contribution in [1.29, 1.82) is 0 Å². The first-order valence-corrected chi connectivity index (χ1v) is 11.4. The number of nitrogens with one attached hydrogen (secondary N) is 1. The summed E-state index contributed by atoms with van der Waals surface area (Å²) in [6, 6.07) is 16.1. The van der Waals surface area contributed by atoms with Gasteiger partial charge in [-0.25, -0.2) is 0 Å². The van der Waals surface area contributed by atoms with Crippen molar-refractivity contribution in [3.8, 4) is 0 Å². The Bertz CT molecular complexity index is 848. The molecule has 0 unspecified atom stereocenters. The van der Waals surface area contributed by atoms with Crippen LogP contribution in [0.2, 0.25) is 0 Å². The van der Waals surface area contributed by atoms with Gasteiger partial charge >= 0.3 is 0 Å². The lowest BCUT2D eigenvalue weighted by Gasteiger charge is -2.33. The molecule has 1 N–H and O–H groups in total. The number of benzene rings is 2. The molecule has 0 aliphatic heterocycles. The minimum atomic E-state index is -0.490. The van der Waals surface area contributed by atoms with Gasteiger partial charge in [-0.3, -0.25) is 9.59 Å². The lowest BCUT2D eigenvalue weighted by Crippen LogP contribution is -2.53. The van der Waals surface area contributed by atoms with Crippen LogP contribution in [0.15, 0.2) is 48.5 Å². The van der Waals surface area contributed by atoms with E-state index in [1.807, 2.05) is 58.9 Å². The van der Waals surface area contributed by atoms with Crippen molar-refractivity contribution < 1.29 is 9.59 Å². The first-order chi connectivity index (χ1) is 14.6. The van der Waals surface area contributed by atoms with E-state index in [1.165, 1.54) is 11.1 Å². The largest absolute Gasteiger partial charge is 0.350 e. The molecule has 2 amide bonds. The number of rotatable bonds is 9. The van der Waals surface area contributed by atoms with Crippen LogP contribution in [0.3, 0.4) is 0 Å². The molecule has 31 heavy (non-hydrogen) atoms. The van der Waals surface area contributed by atoms with Crippen LogP contribution in [0, 0.1) is 6.92 Å². The highest BCUT2D eigenvalue weighted by molar-refractivity contribution is 5.88. The van der Waals surface area contributed by atoms with Gasteiger partial charge in [-0.05, 0) is 63.6 Å². The van der Waals surface area contributed by atoms with Gasteiger partial charge in [0.25, 0.3) is 0 Å². The molecule has 2 aromatic rings. The highest BCUT2D eigenvalue weighted by Crippen LogP contribution is 2.17. The van der Waals surface area contributed by atoms with E-state index in [4.69, 9.17) is 0 Å². The fraction of sp³-hybridized carbons (Fsp3) is 0.481. The van der Waals surface area contributed by atoms with Crippen LogP contribution in [-0.4, -0.2) is 28.3 Å². The maximum atomic E-state index is 13.3. The lowest BCUT2D eigenvalue weighted by atomic mass is 10.0. The molecule has 4 heteroatoms. The Hall–Kier alpha value is -2.62. The molecule has 0 aliphatic carbocycles. The van der Waals surface area contributed by atoms with Gasteiger partial charge in [0.15, 0.2) is 0 Å². The van der Waals surface area contributed by atoms with Crippen LogP contribution in [0.25, 0.3) is 0 Å². The summed E-state index contributed by atoms with van der Waals surface area (Å²) < 4.78 is 0. The van der Waals surface area contributed by atoms with Crippen molar-refractivity contribution in [2.24, 2.45) is 0 Å². The molecule has 0 radical (unpaired) electrons. The Morgan fingerprint density at radius 1 is 0.903 bits per heavy atom. The monoisotopic (exact) mass is 422 g/mol. The van der Waals surface area contributed by atoms with Crippen LogP contribution in [0.1, 0.15) is 69.7 Å². The van der Waals surface area contributed by atoms with Crippen molar-refractivity contribution in [2.45, 2.75) is 85.4 Å². The number of carbonyl (C=O) groups is 2. The van der Waals surface area contributed by atoms with Gasteiger partial charge in [-0.2, -0.15) is 0 Å². The lowest BCUT2D eigenvalue weighted by molar-refractivity contribution is -0.142. The molecule has 0 aromatic heterocycles. The summed E-state index contributed by atoms with van der Waals surface area (Å²) in [6.45, 7) is 12.5. The molecule has 0 heterocycles. The average molecular weight is 423 g/mol. The first-order valence-electron chi connectivity index (χ1n) is 11.4. The summed E-state index contributed by atoms with van der Waals surface area (Å²) in [5.41, 5.74) is 4.31. The molecule has 4 nitrogen and oxygen atoms in total. The average Bonchev–Trinajstić information content (AvgIpc) is 2.72. The zero-order valence-corrected chi connectivity index (χ0v) is 20.0. The van der Waals surface area contributed by atoms with Gasteiger partial charge < -0.3 is 10.2 Å². The van der Waals surface area contributed by atoms with E-state index < -0.39 is 6.04 Å². The van der Waals surface area contributed by atoms with Crippen LogP contribution < -0.4 is 5.32 Å². The third kappa shape index (κ3) is 7.86. The molecule has 2 aromatic carbocycles. The Labute approximate surface area is 188 Å². The molecule has 0 spiro atoms. The highest BCUT2D eigenvalue weighted by Gasteiger charge is 2.30. The summed E-state index contributed by atoms with van der Waals surface area (Å²) in [7, 11) is 0. The first kappa shape index (κ1) is 24.6. The van der Waals surface area contributed by atoms with Crippen LogP contribution in [-0.2, 0) is 29.0 Å². The molecular weight excluding hydrogens is 384 g/mol. The predicted octanol–water partition coefficient (Wildman–Crippen LogP) is 5.21. The Kier molecular flexibility index (Phi) is 8.85. The zero-order chi connectivity index (χ0) is 23.0. The Balaban J connectivity index is 2.20. The van der Waals surface area contributed by atoms with Crippen molar-refractivity contribution in [1.82, 2.24) is 10.2 Å². The third-order valence-electron chi connectivity index (χ3n) is 5.42. The van der Waals surface area contributed by atoms with Crippen LogP contribution in [0.5, 0.6) is 0 Å². The second-order valence-electron chi connectivity index (χ2n) is 9.34. The molecule has 0 saturated carbocycles.